The van der Waals surface area contributed by atoms with Crippen molar-refractivity contribution in [3.05, 3.63) is 35.5 Å². The van der Waals surface area contributed by atoms with Crippen molar-refractivity contribution in [2.45, 2.75) is 40.0 Å². The predicted molar refractivity (Wildman–Crippen MR) is 109 cm³/mol. The van der Waals surface area contributed by atoms with Crippen LogP contribution in [0.15, 0.2) is 29.4 Å². The summed E-state index contributed by atoms with van der Waals surface area (Å²) in [5, 5.41) is 10.7. The first-order valence-electron chi connectivity index (χ1n) is 9.49. The normalized spacial score (nSPS) is 11.6. The zero-order valence-electron chi connectivity index (χ0n) is 16.1. The molecule has 2 rings (SSSR count). The number of benzene rings is 1. The molecule has 6 nitrogen and oxygen atoms in total. The Morgan fingerprint density at radius 2 is 2.00 bits per heavy atom. The Morgan fingerprint density at radius 3 is 2.77 bits per heavy atom. The van der Waals surface area contributed by atoms with E-state index in [1.807, 2.05) is 13.8 Å². The van der Waals surface area contributed by atoms with E-state index in [0.29, 0.717) is 13.0 Å². The number of fused-ring (bicyclic) bond motifs is 1. The minimum atomic E-state index is 0.0561. The third-order valence-electron chi connectivity index (χ3n) is 4.13. The number of aromatic nitrogens is 1. The lowest BCUT2D eigenvalue weighted by Crippen LogP contribution is -2.38. The van der Waals surface area contributed by atoms with Crippen LogP contribution in [-0.2, 0) is 11.2 Å². The molecule has 4 N–H and O–H groups in total. The number of guanidine groups is 1. The van der Waals surface area contributed by atoms with Crippen molar-refractivity contribution in [1.82, 2.24) is 20.9 Å². The van der Waals surface area contributed by atoms with Crippen LogP contribution < -0.4 is 16.0 Å². The summed E-state index contributed by atoms with van der Waals surface area (Å²) in [6.45, 7) is 8.97. The van der Waals surface area contributed by atoms with Gasteiger partial charge >= 0.3 is 0 Å². The number of nitrogens with one attached hydrogen (secondary N) is 4. The van der Waals surface area contributed by atoms with Gasteiger partial charge in [0.1, 0.15) is 0 Å². The number of rotatable bonds is 9. The molecule has 0 spiro atoms. The third-order valence-corrected chi connectivity index (χ3v) is 4.13. The Morgan fingerprint density at radius 1 is 1.15 bits per heavy atom. The quantitative estimate of drug-likeness (QED) is 0.411. The number of carbonyl (C=O) groups is 1. The van der Waals surface area contributed by atoms with Gasteiger partial charge in [-0.3, -0.25) is 9.79 Å². The average Bonchev–Trinajstić information content (AvgIpc) is 3.02. The van der Waals surface area contributed by atoms with Crippen molar-refractivity contribution in [2.75, 3.05) is 26.2 Å². The van der Waals surface area contributed by atoms with E-state index in [-0.39, 0.29) is 5.91 Å². The molecule has 0 radical (unpaired) electrons. The molecule has 0 atom stereocenters. The van der Waals surface area contributed by atoms with Crippen LogP contribution in [0.5, 0.6) is 0 Å². The second-order valence-electron chi connectivity index (χ2n) is 6.40. The molecule has 0 fully saturated rings. The Hall–Kier alpha value is -2.50. The highest BCUT2D eigenvalue weighted by Gasteiger charge is 2.05. The van der Waals surface area contributed by atoms with E-state index in [1.54, 1.807) is 0 Å². The van der Waals surface area contributed by atoms with Gasteiger partial charge in [-0.1, -0.05) is 19.1 Å². The lowest BCUT2D eigenvalue weighted by molar-refractivity contribution is -0.120. The summed E-state index contributed by atoms with van der Waals surface area (Å²) in [5.74, 6) is 0.812. The van der Waals surface area contributed by atoms with E-state index in [4.69, 9.17) is 0 Å². The van der Waals surface area contributed by atoms with Gasteiger partial charge in [-0.15, -0.1) is 0 Å². The maximum Gasteiger partial charge on any atom is 0.221 e. The van der Waals surface area contributed by atoms with E-state index < -0.39 is 0 Å². The molecule has 0 aliphatic carbocycles. The average molecular weight is 358 g/mol. The Labute approximate surface area is 155 Å². The predicted octanol–water partition coefficient (Wildman–Crippen LogP) is 2.49. The van der Waals surface area contributed by atoms with Crippen LogP contribution in [0, 0.1) is 6.92 Å². The summed E-state index contributed by atoms with van der Waals surface area (Å²) in [7, 11) is 0. The molecule has 1 aromatic carbocycles. The zero-order valence-corrected chi connectivity index (χ0v) is 16.1. The van der Waals surface area contributed by atoms with Gasteiger partial charge in [0.05, 0.1) is 6.54 Å². The number of nitrogens with zero attached hydrogens (tertiary/aromatic N) is 1. The molecular weight excluding hydrogens is 326 g/mol. The fourth-order valence-electron chi connectivity index (χ4n) is 2.79. The lowest BCUT2D eigenvalue weighted by atomic mass is 10.1. The van der Waals surface area contributed by atoms with Gasteiger partial charge in [0.2, 0.25) is 5.91 Å². The minimum Gasteiger partial charge on any atom is -0.361 e. The molecule has 1 amide bonds. The molecule has 0 aliphatic heterocycles. The van der Waals surface area contributed by atoms with Crippen LogP contribution in [0.4, 0.5) is 0 Å². The standard InChI is InChI=1S/C20H31N5O/c1-4-10-22-19(26)9-12-24-20(21-5-2)23-11-8-16-14-25-18-13-15(3)6-7-17(16)18/h6-7,13-14,25H,4-5,8-12H2,1-3H3,(H,22,26)(H2,21,23,24). The second kappa shape index (κ2) is 10.5. The molecule has 1 aromatic heterocycles. The number of H-pyrrole nitrogens is 1. The highest BCUT2D eigenvalue weighted by molar-refractivity contribution is 5.84. The summed E-state index contributed by atoms with van der Waals surface area (Å²) in [6.07, 6.45) is 4.35. The molecule has 1 heterocycles. The Bertz CT molecular complexity index is 735. The van der Waals surface area contributed by atoms with E-state index in [2.05, 4.69) is 57.2 Å². The van der Waals surface area contributed by atoms with E-state index in [9.17, 15) is 4.79 Å². The smallest absolute Gasteiger partial charge is 0.221 e. The number of aliphatic imine (C=N–C) groups is 1. The van der Waals surface area contributed by atoms with Gasteiger partial charge in [0.15, 0.2) is 5.96 Å². The van der Waals surface area contributed by atoms with E-state index in [1.165, 1.54) is 22.0 Å². The number of aryl methyl sites for hydroxylation is 1. The van der Waals surface area contributed by atoms with Gasteiger partial charge in [0, 0.05) is 43.2 Å². The molecule has 0 saturated carbocycles. The molecular formula is C20H31N5O. The first kappa shape index (κ1) is 19.8. The van der Waals surface area contributed by atoms with E-state index in [0.717, 1.165) is 38.4 Å². The highest BCUT2D eigenvalue weighted by Crippen LogP contribution is 2.19. The zero-order chi connectivity index (χ0) is 18.8. The fourth-order valence-corrected chi connectivity index (χ4v) is 2.79. The van der Waals surface area contributed by atoms with Gasteiger partial charge in [0.25, 0.3) is 0 Å². The minimum absolute atomic E-state index is 0.0561. The van der Waals surface area contributed by atoms with Crippen LogP contribution >= 0.6 is 0 Å². The van der Waals surface area contributed by atoms with Crippen molar-refractivity contribution in [3.8, 4) is 0 Å². The number of carbonyl (C=O) groups excluding carboxylic acids is 1. The number of aromatic amines is 1. The maximum absolute atomic E-state index is 11.6. The van der Waals surface area contributed by atoms with Crippen molar-refractivity contribution < 1.29 is 4.79 Å². The maximum atomic E-state index is 11.6. The van der Waals surface area contributed by atoms with Crippen LogP contribution in [-0.4, -0.2) is 43.0 Å². The van der Waals surface area contributed by atoms with Crippen LogP contribution in [0.25, 0.3) is 10.9 Å². The van der Waals surface area contributed by atoms with Crippen LogP contribution in [0.1, 0.15) is 37.8 Å². The summed E-state index contributed by atoms with van der Waals surface area (Å²) in [4.78, 5) is 19.5. The van der Waals surface area contributed by atoms with Crippen molar-refractivity contribution in [2.24, 2.45) is 4.99 Å². The largest absolute Gasteiger partial charge is 0.361 e. The first-order valence-corrected chi connectivity index (χ1v) is 9.49. The number of hydrogen-bond donors (Lipinski definition) is 4. The summed E-state index contributed by atoms with van der Waals surface area (Å²) in [6, 6.07) is 6.48. The van der Waals surface area contributed by atoms with E-state index >= 15 is 0 Å². The Balaban J connectivity index is 1.83. The molecule has 26 heavy (non-hydrogen) atoms. The molecule has 6 heteroatoms. The molecule has 0 saturated heterocycles. The summed E-state index contributed by atoms with van der Waals surface area (Å²) >= 11 is 0. The highest BCUT2D eigenvalue weighted by atomic mass is 16.1. The molecule has 142 valence electrons. The number of amides is 1. The fraction of sp³-hybridized carbons (Fsp3) is 0.500. The van der Waals surface area contributed by atoms with Crippen molar-refractivity contribution in [3.63, 3.8) is 0 Å². The van der Waals surface area contributed by atoms with Crippen molar-refractivity contribution >= 4 is 22.8 Å². The van der Waals surface area contributed by atoms with Gasteiger partial charge in [-0.25, -0.2) is 0 Å². The topological polar surface area (TPSA) is 81.3 Å². The second-order valence-corrected chi connectivity index (χ2v) is 6.40. The van der Waals surface area contributed by atoms with Gasteiger partial charge in [-0.2, -0.15) is 0 Å². The molecule has 2 aromatic rings. The summed E-state index contributed by atoms with van der Waals surface area (Å²) < 4.78 is 0. The van der Waals surface area contributed by atoms with Gasteiger partial charge in [-0.05, 0) is 43.9 Å². The monoisotopic (exact) mass is 357 g/mol. The Kier molecular flexibility index (Phi) is 7.99. The lowest BCUT2D eigenvalue weighted by Gasteiger charge is -2.11. The molecule has 0 unspecified atom stereocenters. The van der Waals surface area contributed by atoms with Crippen LogP contribution in [0.3, 0.4) is 0 Å². The number of hydrogen-bond acceptors (Lipinski definition) is 2. The first-order chi connectivity index (χ1) is 12.6. The van der Waals surface area contributed by atoms with Gasteiger partial charge < -0.3 is 20.9 Å². The van der Waals surface area contributed by atoms with Crippen LogP contribution in [0.2, 0.25) is 0 Å². The third kappa shape index (κ3) is 6.10. The molecule has 0 bridgehead atoms. The summed E-state index contributed by atoms with van der Waals surface area (Å²) in [5.41, 5.74) is 3.73. The SMILES string of the molecule is CCCNC(=O)CCN=C(NCC)NCCc1c[nH]c2cc(C)ccc12. The molecule has 0 aliphatic rings. The van der Waals surface area contributed by atoms with Crippen molar-refractivity contribution in [1.29, 1.82) is 0 Å².